The van der Waals surface area contributed by atoms with Crippen LogP contribution in [0.5, 0.6) is 0 Å². The summed E-state index contributed by atoms with van der Waals surface area (Å²) >= 11 is 5.61. The van der Waals surface area contributed by atoms with Crippen LogP contribution >= 0.6 is 11.6 Å². The maximum absolute atomic E-state index is 13.1. The molecule has 0 unspecified atom stereocenters. The Balaban J connectivity index is 1.31. The zero-order valence-electron chi connectivity index (χ0n) is 17.8. The van der Waals surface area contributed by atoms with Gasteiger partial charge in [-0.05, 0) is 104 Å². The summed E-state index contributed by atoms with van der Waals surface area (Å²) in [6.07, 6.45) is 12.9. The van der Waals surface area contributed by atoms with Gasteiger partial charge >= 0.3 is 0 Å². The molecule has 6 heteroatoms. The molecule has 0 amide bonds. The van der Waals surface area contributed by atoms with Gasteiger partial charge in [0.25, 0.3) is 0 Å². The molecule has 0 radical (unpaired) electrons. The summed E-state index contributed by atoms with van der Waals surface area (Å²) in [4.78, 5) is 14.7. The molecule has 8 atom stereocenters. The minimum atomic E-state index is -0.885. The van der Waals surface area contributed by atoms with Crippen LogP contribution in [0, 0.1) is 52.2 Å². The molecule has 0 aromatic carbocycles. The van der Waals surface area contributed by atoms with Gasteiger partial charge in [-0.25, -0.2) is 0 Å². The van der Waals surface area contributed by atoms with E-state index in [0.29, 0.717) is 30.1 Å². The van der Waals surface area contributed by atoms with Crippen molar-refractivity contribution in [1.29, 1.82) is 0 Å². The zero-order chi connectivity index (χ0) is 20.9. The van der Waals surface area contributed by atoms with Crippen LogP contribution in [0.25, 0.3) is 0 Å². The van der Waals surface area contributed by atoms with Gasteiger partial charge in [-0.2, -0.15) is 15.0 Å². The van der Waals surface area contributed by atoms with Crippen LogP contribution in [0.4, 0.5) is 0 Å². The Morgan fingerprint density at radius 2 is 1.87 bits per heavy atom. The van der Waals surface area contributed by atoms with Gasteiger partial charge in [0.05, 0.1) is 12.4 Å². The number of hydrogen-bond acceptors (Lipinski definition) is 4. The van der Waals surface area contributed by atoms with E-state index in [9.17, 15) is 9.90 Å². The lowest BCUT2D eigenvalue weighted by Gasteiger charge is -2.56. The number of halogens is 1. The van der Waals surface area contributed by atoms with Gasteiger partial charge in [-0.3, -0.25) is 4.79 Å². The molecular weight excluding hydrogens is 398 g/mol. The first-order chi connectivity index (χ1) is 14.4. The predicted octanol–water partition coefficient (Wildman–Crippen LogP) is 4.05. The van der Waals surface area contributed by atoms with Gasteiger partial charge in [0.1, 0.15) is 12.1 Å². The number of carbonyl (C=O) groups is 1. The largest absolute Gasteiger partial charge is 0.378 e. The lowest BCUT2D eigenvalue weighted by molar-refractivity contribution is -0.132. The first kappa shape index (κ1) is 20.5. The van der Waals surface area contributed by atoms with Gasteiger partial charge < -0.3 is 5.11 Å². The molecule has 5 nitrogen and oxygen atoms in total. The molecule has 30 heavy (non-hydrogen) atoms. The van der Waals surface area contributed by atoms with E-state index in [-0.39, 0.29) is 11.3 Å². The number of carbonyl (C=O) groups excluding carboxylic acids is 1. The lowest BCUT2D eigenvalue weighted by atomic mass is 9.49. The van der Waals surface area contributed by atoms with Crippen LogP contribution in [0.15, 0.2) is 12.4 Å². The summed E-state index contributed by atoms with van der Waals surface area (Å²) in [5.74, 6) is 6.72. The first-order valence-electron chi connectivity index (χ1n) is 11.7. The van der Waals surface area contributed by atoms with E-state index < -0.39 is 5.60 Å². The molecule has 1 aromatic heterocycles. The Morgan fingerprint density at radius 3 is 2.63 bits per heavy atom. The average Bonchev–Trinajstić information content (AvgIpc) is 3.34. The first-order valence-corrected chi connectivity index (χ1v) is 12.0. The Hall–Kier alpha value is -1.38. The highest BCUT2D eigenvalue weighted by Crippen LogP contribution is 2.64. The van der Waals surface area contributed by atoms with Gasteiger partial charge in [0.2, 0.25) is 0 Å². The highest BCUT2D eigenvalue weighted by atomic mass is 35.5. The molecule has 4 aliphatic rings. The second kappa shape index (κ2) is 7.64. The number of hydrogen-bond donors (Lipinski definition) is 1. The van der Waals surface area contributed by atoms with Crippen molar-refractivity contribution < 1.29 is 9.90 Å². The van der Waals surface area contributed by atoms with Crippen LogP contribution in [0.1, 0.15) is 64.7 Å². The molecule has 162 valence electrons. The molecule has 5 rings (SSSR count). The number of aromatic nitrogens is 3. The van der Waals surface area contributed by atoms with Crippen LogP contribution in [-0.2, 0) is 11.3 Å². The van der Waals surface area contributed by atoms with Gasteiger partial charge in [0.15, 0.2) is 5.78 Å². The average molecular weight is 430 g/mol. The van der Waals surface area contributed by atoms with Crippen molar-refractivity contribution in [3.05, 3.63) is 12.4 Å². The number of Topliss-reactive ketones (excluding diaryl/α,β-unsaturated/α-hetero) is 1. The van der Waals surface area contributed by atoms with Crippen molar-refractivity contribution in [2.45, 2.75) is 76.9 Å². The number of rotatable bonds is 3. The third kappa shape index (κ3) is 3.31. The van der Waals surface area contributed by atoms with Gasteiger partial charge in [-0.15, -0.1) is 0 Å². The van der Waals surface area contributed by atoms with Gasteiger partial charge in [0, 0.05) is 11.3 Å². The molecule has 0 aliphatic heterocycles. The number of fused-ring (bicyclic) bond motifs is 5. The van der Waals surface area contributed by atoms with E-state index >= 15 is 0 Å². The standard InChI is InChI=1S/C24H32ClN3O2/c1-23-8-6-18-17-7-9-24(30,10-11-25)14-16(17)2-3-19(18)20(23)4-5-21(23)22(29)15-28-26-12-13-27-28/h12-13,16-21,30H,2-9,14-15H2,1H3/t16-,17-,18+,19+,20-,21+,23-,24-/m0/s1. The molecule has 4 fully saturated rings. The molecular formula is C24H32ClN3O2. The van der Waals surface area contributed by atoms with E-state index in [4.69, 9.17) is 11.6 Å². The summed E-state index contributed by atoms with van der Waals surface area (Å²) in [7, 11) is 0. The Bertz CT molecular complexity index is 862. The summed E-state index contributed by atoms with van der Waals surface area (Å²) < 4.78 is 0. The molecule has 4 aliphatic carbocycles. The highest BCUT2D eigenvalue weighted by molar-refractivity contribution is 6.30. The maximum Gasteiger partial charge on any atom is 0.159 e. The van der Waals surface area contributed by atoms with E-state index in [1.165, 1.54) is 30.5 Å². The topological polar surface area (TPSA) is 68.0 Å². The number of aliphatic hydroxyl groups is 1. The van der Waals surface area contributed by atoms with Crippen LogP contribution < -0.4 is 0 Å². The summed E-state index contributed by atoms with van der Waals surface area (Å²) in [6, 6.07) is 0. The second-order valence-corrected chi connectivity index (χ2v) is 10.8. The smallest absolute Gasteiger partial charge is 0.159 e. The third-order valence-electron chi connectivity index (χ3n) is 9.44. The van der Waals surface area contributed by atoms with E-state index in [2.05, 4.69) is 28.4 Å². The van der Waals surface area contributed by atoms with Gasteiger partial charge in [-0.1, -0.05) is 12.8 Å². The minimum Gasteiger partial charge on any atom is -0.378 e. The molecule has 0 saturated heterocycles. The van der Waals surface area contributed by atoms with Crippen LogP contribution in [-0.4, -0.2) is 31.5 Å². The monoisotopic (exact) mass is 429 g/mol. The third-order valence-corrected chi connectivity index (χ3v) is 9.54. The van der Waals surface area contributed by atoms with Crippen LogP contribution in [0.3, 0.4) is 0 Å². The lowest BCUT2D eigenvalue weighted by Crippen LogP contribution is -2.51. The van der Waals surface area contributed by atoms with E-state index in [1.807, 2.05) is 0 Å². The van der Waals surface area contributed by atoms with Crippen molar-refractivity contribution in [3.63, 3.8) is 0 Å². The van der Waals surface area contributed by atoms with Crippen LogP contribution in [0.2, 0.25) is 0 Å². The van der Waals surface area contributed by atoms with Crippen molar-refractivity contribution in [3.8, 4) is 11.3 Å². The second-order valence-electron chi connectivity index (χ2n) is 10.6. The zero-order valence-corrected chi connectivity index (χ0v) is 18.5. The van der Waals surface area contributed by atoms with Crippen molar-refractivity contribution in [1.82, 2.24) is 15.0 Å². The van der Waals surface area contributed by atoms with Crippen molar-refractivity contribution in [2.75, 3.05) is 0 Å². The minimum absolute atomic E-state index is 0.123. The fourth-order valence-corrected chi connectivity index (χ4v) is 8.36. The predicted molar refractivity (Wildman–Crippen MR) is 114 cm³/mol. The highest BCUT2D eigenvalue weighted by Gasteiger charge is 2.58. The Labute approximate surface area is 183 Å². The SMILES string of the molecule is C[C@]12CC[C@H]3[C@@H](CC[C@H]4C[C@@](O)(C#CCl)CC[C@@H]43)[C@@H]1CC[C@@H]2C(=O)Cn1nccn1. The molecule has 4 saturated carbocycles. The van der Waals surface area contributed by atoms with E-state index in [1.54, 1.807) is 12.4 Å². The molecule has 1 aromatic rings. The molecule has 1 heterocycles. The van der Waals surface area contributed by atoms with Crippen molar-refractivity contribution in [2.24, 2.45) is 40.9 Å². The van der Waals surface area contributed by atoms with E-state index in [0.717, 1.165) is 43.9 Å². The normalized spacial score (nSPS) is 44.9. The quantitative estimate of drug-likeness (QED) is 0.736. The molecule has 0 bridgehead atoms. The number of nitrogens with zero attached hydrogens (tertiary/aromatic N) is 3. The fraction of sp³-hybridized carbons (Fsp3) is 0.792. The Kier molecular flexibility index (Phi) is 5.22. The molecule has 0 spiro atoms. The fourth-order valence-electron chi connectivity index (χ4n) is 8.18. The molecule has 1 N–H and O–H groups in total. The summed E-state index contributed by atoms with van der Waals surface area (Å²) in [5.41, 5.74) is -0.762. The van der Waals surface area contributed by atoms with Crippen molar-refractivity contribution >= 4 is 17.4 Å². The summed E-state index contributed by atoms with van der Waals surface area (Å²) in [6.45, 7) is 2.70. The maximum atomic E-state index is 13.1. The number of ketones is 1. The summed E-state index contributed by atoms with van der Waals surface area (Å²) in [5, 5.41) is 21.5. The Morgan fingerprint density at radius 1 is 1.10 bits per heavy atom.